The lowest BCUT2D eigenvalue weighted by atomic mass is 10.0. The number of ketones is 1. The fraction of sp³-hybridized carbons (Fsp3) is 0.588. The molecular formula is C17H27O5P. The van der Waals surface area contributed by atoms with Crippen molar-refractivity contribution in [1.29, 1.82) is 0 Å². The molecule has 1 atom stereocenters. The predicted octanol–water partition coefficient (Wildman–Crippen LogP) is 4.24. The van der Waals surface area contributed by atoms with Crippen LogP contribution in [0, 0.1) is 0 Å². The van der Waals surface area contributed by atoms with Crippen LogP contribution in [-0.4, -0.2) is 23.1 Å². The van der Waals surface area contributed by atoms with Gasteiger partial charge >= 0.3 is 7.60 Å². The van der Waals surface area contributed by atoms with E-state index >= 15 is 0 Å². The first kappa shape index (κ1) is 20.0. The molecule has 0 amide bonds. The molecule has 1 N–H and O–H groups in total. The van der Waals surface area contributed by atoms with Gasteiger partial charge in [-0.05, 0) is 33.3 Å². The Hall–Kier alpha value is -1.00. The summed E-state index contributed by atoms with van der Waals surface area (Å²) in [4.78, 5) is 12.0. The van der Waals surface area contributed by atoms with Gasteiger partial charge in [0.1, 0.15) is 5.78 Å². The Balaban J connectivity index is 3.44. The third-order valence-electron chi connectivity index (χ3n) is 3.23. The van der Waals surface area contributed by atoms with Gasteiger partial charge in [0, 0.05) is 6.42 Å². The molecule has 1 rings (SSSR count). The molecule has 5 nitrogen and oxygen atoms in total. The zero-order valence-corrected chi connectivity index (χ0v) is 15.4. The van der Waals surface area contributed by atoms with Crippen LogP contribution in [0.4, 0.5) is 0 Å². The average molecular weight is 342 g/mol. The Bertz CT molecular complexity index is 541. The van der Waals surface area contributed by atoms with Crippen LogP contribution in [0.5, 0.6) is 0 Å². The molecule has 1 aromatic carbocycles. The van der Waals surface area contributed by atoms with Crippen molar-refractivity contribution in [2.45, 2.75) is 65.0 Å². The number of aliphatic hydroxyl groups is 1. The highest BCUT2D eigenvalue weighted by Crippen LogP contribution is 2.66. The number of benzene rings is 1. The van der Waals surface area contributed by atoms with Crippen molar-refractivity contribution >= 4 is 13.4 Å². The van der Waals surface area contributed by atoms with Crippen LogP contribution in [0.3, 0.4) is 0 Å². The Morgan fingerprint density at radius 1 is 1.13 bits per heavy atom. The number of hydrogen-bond acceptors (Lipinski definition) is 5. The van der Waals surface area contributed by atoms with Crippen molar-refractivity contribution in [2.75, 3.05) is 0 Å². The van der Waals surface area contributed by atoms with Crippen LogP contribution in [0.1, 0.15) is 53.0 Å². The molecule has 1 aromatic rings. The van der Waals surface area contributed by atoms with Crippen LogP contribution in [-0.2, 0) is 23.7 Å². The van der Waals surface area contributed by atoms with Gasteiger partial charge in [0.15, 0.2) is 5.34 Å². The molecule has 0 bridgehead atoms. The predicted molar refractivity (Wildman–Crippen MR) is 90.3 cm³/mol. The third kappa shape index (κ3) is 4.98. The molecule has 23 heavy (non-hydrogen) atoms. The second-order valence-corrected chi connectivity index (χ2v) is 8.21. The second-order valence-electron chi connectivity index (χ2n) is 6.06. The minimum atomic E-state index is -4.01. The van der Waals surface area contributed by atoms with Gasteiger partial charge in [-0.15, -0.1) is 0 Å². The fourth-order valence-electron chi connectivity index (χ4n) is 2.22. The van der Waals surface area contributed by atoms with Crippen LogP contribution < -0.4 is 0 Å². The third-order valence-corrected chi connectivity index (χ3v) is 5.95. The molecule has 0 aromatic heterocycles. The molecule has 0 radical (unpaired) electrons. The summed E-state index contributed by atoms with van der Waals surface area (Å²) < 4.78 is 24.6. The summed E-state index contributed by atoms with van der Waals surface area (Å²) >= 11 is 0. The molecule has 0 saturated carbocycles. The molecule has 6 heteroatoms. The van der Waals surface area contributed by atoms with Gasteiger partial charge < -0.3 is 14.2 Å². The van der Waals surface area contributed by atoms with E-state index in [1.54, 1.807) is 65.0 Å². The maximum atomic E-state index is 13.5. The van der Waals surface area contributed by atoms with E-state index in [9.17, 15) is 14.5 Å². The lowest BCUT2D eigenvalue weighted by molar-refractivity contribution is -0.122. The molecule has 0 aliphatic rings. The van der Waals surface area contributed by atoms with E-state index in [1.807, 2.05) is 0 Å². The fourth-order valence-corrected chi connectivity index (χ4v) is 4.56. The maximum Gasteiger partial charge on any atom is 0.367 e. The van der Waals surface area contributed by atoms with E-state index < -0.39 is 25.1 Å². The van der Waals surface area contributed by atoms with Crippen molar-refractivity contribution in [3.05, 3.63) is 35.9 Å². The summed E-state index contributed by atoms with van der Waals surface area (Å²) in [5.74, 6) is -0.212. The number of carbonyl (C=O) groups excluding carboxylic acids is 1. The zero-order chi connectivity index (χ0) is 17.7. The van der Waals surface area contributed by atoms with Crippen LogP contribution in [0.15, 0.2) is 30.3 Å². The molecular weight excluding hydrogens is 315 g/mol. The Kier molecular flexibility index (Phi) is 7.15. The lowest BCUT2D eigenvalue weighted by Crippen LogP contribution is -2.33. The molecule has 0 saturated heterocycles. The molecule has 0 fully saturated rings. The molecule has 1 unspecified atom stereocenters. The van der Waals surface area contributed by atoms with Gasteiger partial charge in [0.05, 0.1) is 18.6 Å². The molecule has 130 valence electrons. The van der Waals surface area contributed by atoms with Crippen LogP contribution in [0.25, 0.3) is 0 Å². The molecule has 0 aliphatic heterocycles. The minimum Gasteiger partial charge on any atom is -0.373 e. The average Bonchev–Trinajstić information content (AvgIpc) is 2.46. The van der Waals surface area contributed by atoms with Crippen molar-refractivity contribution in [2.24, 2.45) is 0 Å². The highest BCUT2D eigenvalue weighted by Gasteiger charge is 2.53. The van der Waals surface area contributed by atoms with Crippen molar-refractivity contribution in [3.8, 4) is 0 Å². The number of carbonyl (C=O) groups is 1. The lowest BCUT2D eigenvalue weighted by Gasteiger charge is -2.36. The van der Waals surface area contributed by atoms with Gasteiger partial charge in [0.25, 0.3) is 0 Å². The highest BCUT2D eigenvalue weighted by molar-refractivity contribution is 7.55. The van der Waals surface area contributed by atoms with E-state index in [-0.39, 0.29) is 18.6 Å². The van der Waals surface area contributed by atoms with Gasteiger partial charge in [-0.3, -0.25) is 9.36 Å². The van der Waals surface area contributed by atoms with E-state index in [1.165, 1.54) is 0 Å². The standard InChI is InChI=1S/C17H27O5P/c1-6-16(18)12-17(19,15-10-8-7-9-11-15)23(20,21-13(2)3)22-14(4)5/h7-11,13-14,19H,6,12H2,1-5H3. The number of Topliss-reactive ketones (excluding diaryl/α,β-unsaturated/α-hetero) is 1. The van der Waals surface area contributed by atoms with Gasteiger partial charge in [0.2, 0.25) is 0 Å². The monoisotopic (exact) mass is 342 g/mol. The Labute approximate surface area is 138 Å². The van der Waals surface area contributed by atoms with Gasteiger partial charge in [-0.25, -0.2) is 0 Å². The minimum absolute atomic E-state index is 0.212. The summed E-state index contributed by atoms with van der Waals surface area (Å²) in [6.07, 6.45) is -0.930. The van der Waals surface area contributed by atoms with E-state index in [4.69, 9.17) is 9.05 Å². The van der Waals surface area contributed by atoms with Gasteiger partial charge in [-0.2, -0.15) is 0 Å². The summed E-state index contributed by atoms with van der Waals surface area (Å²) in [5, 5.41) is 9.26. The van der Waals surface area contributed by atoms with Crippen molar-refractivity contribution in [1.82, 2.24) is 0 Å². The molecule has 0 spiro atoms. The topological polar surface area (TPSA) is 72.8 Å². The maximum absolute atomic E-state index is 13.5. The largest absolute Gasteiger partial charge is 0.373 e. The number of rotatable bonds is 9. The van der Waals surface area contributed by atoms with Crippen LogP contribution >= 0.6 is 7.60 Å². The normalized spacial score (nSPS) is 15.0. The van der Waals surface area contributed by atoms with E-state index in [2.05, 4.69) is 0 Å². The first-order chi connectivity index (χ1) is 10.6. The number of hydrogen-bond donors (Lipinski definition) is 1. The second kappa shape index (κ2) is 8.20. The van der Waals surface area contributed by atoms with Crippen molar-refractivity contribution in [3.63, 3.8) is 0 Å². The van der Waals surface area contributed by atoms with Gasteiger partial charge in [-0.1, -0.05) is 37.3 Å². The summed E-state index contributed by atoms with van der Waals surface area (Å²) in [6, 6.07) is 8.46. The smallest absolute Gasteiger partial charge is 0.367 e. The zero-order valence-electron chi connectivity index (χ0n) is 14.5. The molecule has 0 heterocycles. The highest BCUT2D eigenvalue weighted by atomic mass is 31.2. The van der Waals surface area contributed by atoms with Crippen molar-refractivity contribution < 1.29 is 23.5 Å². The Morgan fingerprint density at radius 2 is 1.61 bits per heavy atom. The molecule has 0 aliphatic carbocycles. The summed E-state index contributed by atoms with van der Waals surface area (Å²) in [6.45, 7) is 8.55. The van der Waals surface area contributed by atoms with E-state index in [0.717, 1.165) is 0 Å². The quantitative estimate of drug-likeness (QED) is 0.679. The summed E-state index contributed by atoms with van der Waals surface area (Å²) in [5.41, 5.74) is 0.353. The SMILES string of the molecule is CCC(=O)CC(O)(c1ccccc1)P(=O)(OC(C)C)OC(C)C. The summed E-state index contributed by atoms with van der Waals surface area (Å²) in [7, 11) is -4.01. The first-order valence-electron chi connectivity index (χ1n) is 7.91. The Morgan fingerprint density at radius 3 is 2.00 bits per heavy atom. The first-order valence-corrected chi connectivity index (χ1v) is 9.45. The van der Waals surface area contributed by atoms with Crippen LogP contribution in [0.2, 0.25) is 0 Å². The van der Waals surface area contributed by atoms with E-state index in [0.29, 0.717) is 5.56 Å².